The second-order valence-corrected chi connectivity index (χ2v) is 6.15. The molecule has 1 unspecified atom stereocenters. The first-order chi connectivity index (χ1) is 10.2. The fraction of sp³-hybridized carbons (Fsp3) is 0.667. The van der Waals surface area contributed by atoms with Crippen LogP contribution in [0.5, 0.6) is 5.75 Å². The Labute approximate surface area is 135 Å². The minimum absolute atomic E-state index is 0.477. The number of nitrogens with one attached hydrogen (secondary N) is 1. The molecule has 2 nitrogen and oxygen atoms in total. The summed E-state index contributed by atoms with van der Waals surface area (Å²) in [7, 11) is 0. The molecule has 0 saturated carbocycles. The average molecular weight is 312 g/mol. The van der Waals surface area contributed by atoms with Gasteiger partial charge in [-0.3, -0.25) is 0 Å². The molecule has 0 aromatic heterocycles. The SMILES string of the molecule is CCCCCCCC(C)Nc1ccc(OCCC)c(Cl)c1. The van der Waals surface area contributed by atoms with Crippen molar-refractivity contribution in [2.24, 2.45) is 0 Å². The van der Waals surface area contributed by atoms with Crippen LogP contribution in [0.3, 0.4) is 0 Å². The van der Waals surface area contributed by atoms with Crippen LogP contribution in [0.15, 0.2) is 18.2 Å². The maximum absolute atomic E-state index is 6.25. The van der Waals surface area contributed by atoms with Crippen LogP contribution in [0.1, 0.15) is 65.7 Å². The number of hydrogen-bond acceptors (Lipinski definition) is 2. The zero-order valence-electron chi connectivity index (χ0n) is 13.8. The molecule has 0 aliphatic heterocycles. The van der Waals surface area contributed by atoms with Crippen LogP contribution >= 0.6 is 11.6 Å². The molecule has 0 aliphatic rings. The molecule has 0 amide bonds. The highest BCUT2D eigenvalue weighted by atomic mass is 35.5. The normalized spacial score (nSPS) is 12.2. The summed E-state index contributed by atoms with van der Waals surface area (Å²) < 4.78 is 5.59. The van der Waals surface area contributed by atoms with Gasteiger partial charge in [-0.05, 0) is 38.0 Å². The summed E-state index contributed by atoms with van der Waals surface area (Å²) in [6, 6.07) is 6.43. The lowest BCUT2D eigenvalue weighted by Gasteiger charge is -2.16. The molecular weight excluding hydrogens is 282 g/mol. The summed E-state index contributed by atoms with van der Waals surface area (Å²) in [5.41, 5.74) is 1.07. The van der Waals surface area contributed by atoms with Crippen molar-refractivity contribution in [3.63, 3.8) is 0 Å². The van der Waals surface area contributed by atoms with E-state index in [0.29, 0.717) is 17.7 Å². The third-order valence-corrected chi connectivity index (χ3v) is 3.84. The molecule has 0 saturated heterocycles. The first-order valence-electron chi connectivity index (χ1n) is 8.36. The molecule has 1 atom stereocenters. The molecule has 1 rings (SSSR count). The Morgan fingerprint density at radius 3 is 2.52 bits per heavy atom. The van der Waals surface area contributed by atoms with Gasteiger partial charge in [0.05, 0.1) is 11.6 Å². The second kappa shape index (κ2) is 10.8. The van der Waals surface area contributed by atoms with Gasteiger partial charge in [-0.2, -0.15) is 0 Å². The van der Waals surface area contributed by atoms with Gasteiger partial charge in [-0.1, -0.05) is 57.6 Å². The number of anilines is 1. The number of benzene rings is 1. The molecule has 0 heterocycles. The summed E-state index contributed by atoms with van der Waals surface area (Å²) in [5, 5.41) is 4.20. The summed E-state index contributed by atoms with van der Waals surface area (Å²) >= 11 is 6.25. The number of halogens is 1. The lowest BCUT2D eigenvalue weighted by Crippen LogP contribution is -2.14. The predicted octanol–water partition coefficient (Wildman–Crippen LogP) is 6.29. The van der Waals surface area contributed by atoms with Crippen molar-refractivity contribution >= 4 is 17.3 Å². The molecule has 0 aliphatic carbocycles. The van der Waals surface area contributed by atoms with Crippen LogP contribution in [0, 0.1) is 0 Å². The van der Waals surface area contributed by atoms with Gasteiger partial charge in [-0.15, -0.1) is 0 Å². The van der Waals surface area contributed by atoms with E-state index < -0.39 is 0 Å². The fourth-order valence-corrected chi connectivity index (χ4v) is 2.57. The number of unbranched alkanes of at least 4 members (excludes halogenated alkanes) is 4. The molecule has 0 fully saturated rings. The van der Waals surface area contributed by atoms with E-state index >= 15 is 0 Å². The van der Waals surface area contributed by atoms with Crippen LogP contribution in [-0.4, -0.2) is 12.6 Å². The van der Waals surface area contributed by atoms with Gasteiger partial charge in [0, 0.05) is 11.7 Å². The third-order valence-electron chi connectivity index (χ3n) is 3.55. The Hall–Kier alpha value is -0.890. The highest BCUT2D eigenvalue weighted by molar-refractivity contribution is 6.32. The molecule has 3 heteroatoms. The number of ether oxygens (including phenoxy) is 1. The van der Waals surface area contributed by atoms with Crippen molar-refractivity contribution in [2.45, 2.75) is 71.8 Å². The molecule has 0 radical (unpaired) electrons. The Kier molecular flexibility index (Phi) is 9.32. The first-order valence-corrected chi connectivity index (χ1v) is 8.74. The van der Waals surface area contributed by atoms with Gasteiger partial charge in [0.2, 0.25) is 0 Å². The predicted molar refractivity (Wildman–Crippen MR) is 93.7 cm³/mol. The molecule has 1 aromatic rings. The van der Waals surface area contributed by atoms with Crippen molar-refractivity contribution in [3.05, 3.63) is 23.2 Å². The third kappa shape index (κ3) is 7.61. The van der Waals surface area contributed by atoms with Gasteiger partial charge in [0.15, 0.2) is 0 Å². The summed E-state index contributed by atoms with van der Waals surface area (Å²) in [6.07, 6.45) is 8.85. The number of rotatable bonds is 11. The maximum atomic E-state index is 6.25. The van der Waals surface area contributed by atoms with Crippen LogP contribution < -0.4 is 10.1 Å². The van der Waals surface area contributed by atoms with E-state index in [1.807, 2.05) is 18.2 Å². The van der Waals surface area contributed by atoms with E-state index in [1.54, 1.807) is 0 Å². The molecule has 1 aromatic carbocycles. The zero-order valence-corrected chi connectivity index (χ0v) is 14.5. The van der Waals surface area contributed by atoms with E-state index in [0.717, 1.165) is 17.9 Å². The van der Waals surface area contributed by atoms with Crippen molar-refractivity contribution in [3.8, 4) is 5.75 Å². The van der Waals surface area contributed by atoms with Gasteiger partial charge < -0.3 is 10.1 Å². The Morgan fingerprint density at radius 2 is 1.86 bits per heavy atom. The quantitative estimate of drug-likeness (QED) is 0.485. The number of hydrogen-bond donors (Lipinski definition) is 1. The minimum atomic E-state index is 0.477. The van der Waals surface area contributed by atoms with Gasteiger partial charge in [0.25, 0.3) is 0 Å². The van der Waals surface area contributed by atoms with Crippen molar-refractivity contribution in [2.75, 3.05) is 11.9 Å². The van der Waals surface area contributed by atoms with E-state index in [4.69, 9.17) is 16.3 Å². The van der Waals surface area contributed by atoms with Crippen molar-refractivity contribution < 1.29 is 4.74 Å². The van der Waals surface area contributed by atoms with E-state index in [2.05, 4.69) is 26.1 Å². The van der Waals surface area contributed by atoms with Crippen LogP contribution in [-0.2, 0) is 0 Å². The van der Waals surface area contributed by atoms with Gasteiger partial charge in [-0.25, -0.2) is 0 Å². The van der Waals surface area contributed by atoms with Gasteiger partial charge >= 0.3 is 0 Å². The van der Waals surface area contributed by atoms with Gasteiger partial charge in [0.1, 0.15) is 5.75 Å². The van der Waals surface area contributed by atoms with E-state index in [1.165, 1.54) is 38.5 Å². The highest BCUT2D eigenvalue weighted by Gasteiger charge is 2.06. The molecule has 21 heavy (non-hydrogen) atoms. The summed E-state index contributed by atoms with van der Waals surface area (Å²) in [4.78, 5) is 0. The largest absolute Gasteiger partial charge is 0.492 e. The molecule has 0 bridgehead atoms. The Bertz CT molecular complexity index is 395. The monoisotopic (exact) mass is 311 g/mol. The molecule has 120 valence electrons. The first kappa shape index (κ1) is 18.2. The Morgan fingerprint density at radius 1 is 1.10 bits per heavy atom. The lowest BCUT2D eigenvalue weighted by molar-refractivity contribution is 0.317. The summed E-state index contributed by atoms with van der Waals surface area (Å²) in [6.45, 7) is 7.28. The van der Waals surface area contributed by atoms with Crippen molar-refractivity contribution in [1.82, 2.24) is 0 Å². The smallest absolute Gasteiger partial charge is 0.138 e. The highest BCUT2D eigenvalue weighted by Crippen LogP contribution is 2.28. The zero-order chi connectivity index (χ0) is 15.5. The van der Waals surface area contributed by atoms with Crippen LogP contribution in [0.2, 0.25) is 5.02 Å². The lowest BCUT2D eigenvalue weighted by atomic mass is 10.1. The molecular formula is C18H30ClNO. The Balaban J connectivity index is 2.35. The van der Waals surface area contributed by atoms with Crippen LogP contribution in [0.25, 0.3) is 0 Å². The minimum Gasteiger partial charge on any atom is -0.492 e. The average Bonchev–Trinajstić information content (AvgIpc) is 2.46. The molecule has 1 N–H and O–H groups in total. The van der Waals surface area contributed by atoms with Crippen molar-refractivity contribution in [1.29, 1.82) is 0 Å². The van der Waals surface area contributed by atoms with E-state index in [9.17, 15) is 0 Å². The maximum Gasteiger partial charge on any atom is 0.138 e. The fourth-order valence-electron chi connectivity index (χ4n) is 2.33. The van der Waals surface area contributed by atoms with Crippen LogP contribution in [0.4, 0.5) is 5.69 Å². The molecule has 0 spiro atoms. The second-order valence-electron chi connectivity index (χ2n) is 5.74. The summed E-state index contributed by atoms with van der Waals surface area (Å²) in [5.74, 6) is 0.774. The topological polar surface area (TPSA) is 21.3 Å². The van der Waals surface area contributed by atoms with E-state index in [-0.39, 0.29) is 0 Å². The standard InChI is InChI=1S/C18H30ClNO/c1-4-6-7-8-9-10-15(3)20-16-11-12-18(17(19)14-16)21-13-5-2/h11-12,14-15,20H,4-10,13H2,1-3H3.